The molecule has 0 atom stereocenters. The molecule has 2 aromatic rings. The van der Waals surface area contributed by atoms with Gasteiger partial charge in [-0.3, -0.25) is 0 Å². The van der Waals surface area contributed by atoms with Crippen molar-refractivity contribution in [1.29, 1.82) is 0 Å². The maximum atomic E-state index is 11.1. The molecule has 0 saturated carbocycles. The number of carboxylic acids is 1. The van der Waals surface area contributed by atoms with Crippen LogP contribution in [0.15, 0.2) is 48.5 Å². The van der Waals surface area contributed by atoms with Crippen molar-refractivity contribution in [1.82, 2.24) is 0 Å². The first-order chi connectivity index (χ1) is 7.70. The van der Waals surface area contributed by atoms with Crippen LogP contribution in [0.2, 0.25) is 0 Å². The second-order valence-electron chi connectivity index (χ2n) is 3.67. The lowest BCUT2D eigenvalue weighted by Gasteiger charge is -2.08. The van der Waals surface area contributed by atoms with Crippen molar-refractivity contribution < 1.29 is 15.4 Å². The molecule has 17 heavy (non-hydrogen) atoms. The van der Waals surface area contributed by atoms with E-state index in [1.807, 2.05) is 43.3 Å². The van der Waals surface area contributed by atoms with Gasteiger partial charge in [0.15, 0.2) is 0 Å². The van der Waals surface area contributed by atoms with E-state index in [0.29, 0.717) is 5.56 Å². The van der Waals surface area contributed by atoms with Gasteiger partial charge < -0.3 is 10.6 Å². The van der Waals surface area contributed by atoms with Crippen molar-refractivity contribution in [2.24, 2.45) is 0 Å². The molecule has 0 aliphatic carbocycles. The van der Waals surface area contributed by atoms with Crippen molar-refractivity contribution in [2.45, 2.75) is 6.92 Å². The molecular weight excluding hydrogens is 216 g/mol. The zero-order valence-corrected chi connectivity index (χ0v) is 9.47. The Morgan fingerprint density at radius 2 is 1.47 bits per heavy atom. The van der Waals surface area contributed by atoms with Crippen molar-refractivity contribution in [3.63, 3.8) is 0 Å². The Labute approximate surface area is 99.7 Å². The average Bonchev–Trinajstić information content (AvgIpc) is 2.29. The van der Waals surface area contributed by atoms with Crippen LogP contribution in [-0.2, 0) is 0 Å². The first-order valence-electron chi connectivity index (χ1n) is 5.08. The summed E-state index contributed by atoms with van der Waals surface area (Å²) in [5.41, 5.74) is 3.17. The minimum atomic E-state index is -0.890. The first kappa shape index (κ1) is 12.9. The maximum absolute atomic E-state index is 11.1. The highest BCUT2D eigenvalue weighted by molar-refractivity contribution is 5.96. The Hall–Kier alpha value is -2.13. The highest BCUT2D eigenvalue weighted by atomic mass is 16.4. The molecule has 3 N–H and O–H groups in total. The third kappa shape index (κ3) is 2.52. The molecule has 2 rings (SSSR count). The van der Waals surface area contributed by atoms with E-state index >= 15 is 0 Å². The van der Waals surface area contributed by atoms with E-state index in [0.717, 1.165) is 16.7 Å². The monoisotopic (exact) mass is 230 g/mol. The fourth-order valence-corrected chi connectivity index (χ4v) is 1.78. The van der Waals surface area contributed by atoms with Crippen LogP contribution in [0.3, 0.4) is 0 Å². The smallest absolute Gasteiger partial charge is 0.336 e. The minimum absolute atomic E-state index is 0. The van der Waals surface area contributed by atoms with Gasteiger partial charge in [-0.05, 0) is 29.7 Å². The van der Waals surface area contributed by atoms with Gasteiger partial charge in [0.2, 0.25) is 0 Å². The number of hydrogen-bond acceptors (Lipinski definition) is 1. The highest BCUT2D eigenvalue weighted by Crippen LogP contribution is 2.26. The zero-order chi connectivity index (χ0) is 11.5. The van der Waals surface area contributed by atoms with Crippen LogP contribution in [0.4, 0.5) is 0 Å². The lowest BCUT2D eigenvalue weighted by molar-refractivity contribution is 0.0697. The molecule has 3 heteroatoms. The molecule has 0 radical (unpaired) electrons. The summed E-state index contributed by atoms with van der Waals surface area (Å²) in [6, 6.07) is 14.9. The average molecular weight is 230 g/mol. The molecule has 0 heterocycles. The summed E-state index contributed by atoms with van der Waals surface area (Å²) >= 11 is 0. The zero-order valence-electron chi connectivity index (χ0n) is 9.47. The van der Waals surface area contributed by atoms with Gasteiger partial charge in [-0.15, -0.1) is 0 Å². The molecule has 0 spiro atoms. The van der Waals surface area contributed by atoms with E-state index in [-0.39, 0.29) is 5.48 Å². The normalized spacial score (nSPS) is 9.47. The molecule has 88 valence electrons. The summed E-state index contributed by atoms with van der Waals surface area (Å²) in [6.07, 6.45) is 0. The van der Waals surface area contributed by atoms with Crippen LogP contribution in [0, 0.1) is 6.92 Å². The quantitative estimate of drug-likeness (QED) is 0.861. The van der Waals surface area contributed by atoms with Crippen LogP contribution in [0.25, 0.3) is 11.1 Å². The molecule has 0 aliphatic rings. The molecular formula is C14H14O3. The van der Waals surface area contributed by atoms with Crippen molar-refractivity contribution in [3.8, 4) is 11.1 Å². The number of carbonyl (C=O) groups is 1. The Morgan fingerprint density at radius 3 is 2.06 bits per heavy atom. The summed E-state index contributed by atoms with van der Waals surface area (Å²) in [5.74, 6) is -0.890. The number of rotatable bonds is 2. The van der Waals surface area contributed by atoms with Crippen LogP contribution in [0.1, 0.15) is 15.9 Å². The number of hydrogen-bond donors (Lipinski definition) is 1. The van der Waals surface area contributed by atoms with E-state index in [9.17, 15) is 4.79 Å². The van der Waals surface area contributed by atoms with Crippen LogP contribution >= 0.6 is 0 Å². The number of aromatic carboxylic acids is 1. The molecule has 0 aliphatic heterocycles. The van der Waals surface area contributed by atoms with Crippen LogP contribution in [0.5, 0.6) is 0 Å². The lowest BCUT2D eigenvalue weighted by atomic mass is 9.96. The topological polar surface area (TPSA) is 68.8 Å². The van der Waals surface area contributed by atoms with Gasteiger partial charge in [-0.1, -0.05) is 42.5 Å². The minimum Gasteiger partial charge on any atom is -0.478 e. The molecule has 3 nitrogen and oxygen atoms in total. The third-order valence-corrected chi connectivity index (χ3v) is 2.59. The third-order valence-electron chi connectivity index (χ3n) is 2.59. The summed E-state index contributed by atoms with van der Waals surface area (Å²) in [4.78, 5) is 11.1. The molecule has 0 amide bonds. The van der Waals surface area contributed by atoms with Crippen molar-refractivity contribution in [2.75, 3.05) is 0 Å². The van der Waals surface area contributed by atoms with Gasteiger partial charge in [0.25, 0.3) is 0 Å². The standard InChI is InChI=1S/C14H12O2.H2O/c1-10-6-2-3-7-11(10)12-8-4-5-9-13(12)14(15)16;/h2-9H,1H3,(H,15,16);1H2. The SMILES string of the molecule is Cc1ccccc1-c1ccccc1C(=O)O.O. The fourth-order valence-electron chi connectivity index (χ4n) is 1.78. The Balaban J connectivity index is 0.00000144. The Kier molecular flexibility index (Phi) is 4.01. The largest absolute Gasteiger partial charge is 0.478 e. The van der Waals surface area contributed by atoms with Crippen LogP contribution in [-0.4, -0.2) is 16.6 Å². The van der Waals surface area contributed by atoms with Gasteiger partial charge in [0.05, 0.1) is 5.56 Å². The lowest BCUT2D eigenvalue weighted by Crippen LogP contribution is -1.99. The van der Waals surface area contributed by atoms with Gasteiger partial charge >= 0.3 is 5.97 Å². The molecule has 0 saturated heterocycles. The summed E-state index contributed by atoms with van der Waals surface area (Å²) in [6.45, 7) is 1.98. The Bertz CT molecular complexity index is 532. The molecule has 0 fully saturated rings. The second-order valence-corrected chi connectivity index (χ2v) is 3.67. The molecule has 0 aromatic heterocycles. The van der Waals surface area contributed by atoms with E-state index in [1.165, 1.54) is 0 Å². The summed E-state index contributed by atoms with van der Waals surface area (Å²) in [7, 11) is 0. The number of aryl methyl sites for hydroxylation is 1. The predicted octanol–water partition coefficient (Wildman–Crippen LogP) is 2.54. The van der Waals surface area contributed by atoms with E-state index in [1.54, 1.807) is 12.1 Å². The first-order valence-corrected chi connectivity index (χ1v) is 5.08. The molecule has 0 unspecified atom stereocenters. The Morgan fingerprint density at radius 1 is 0.941 bits per heavy atom. The second kappa shape index (κ2) is 5.27. The van der Waals surface area contributed by atoms with Gasteiger partial charge in [-0.2, -0.15) is 0 Å². The highest BCUT2D eigenvalue weighted by Gasteiger charge is 2.11. The predicted molar refractivity (Wildman–Crippen MR) is 67.2 cm³/mol. The van der Waals surface area contributed by atoms with Crippen molar-refractivity contribution >= 4 is 5.97 Å². The number of carboxylic acid groups (broad SMARTS) is 1. The van der Waals surface area contributed by atoms with E-state index in [4.69, 9.17) is 5.11 Å². The maximum Gasteiger partial charge on any atom is 0.336 e. The summed E-state index contributed by atoms with van der Waals surface area (Å²) in [5, 5.41) is 9.12. The van der Waals surface area contributed by atoms with Crippen molar-refractivity contribution in [3.05, 3.63) is 59.7 Å². The van der Waals surface area contributed by atoms with E-state index in [2.05, 4.69) is 0 Å². The molecule has 0 bridgehead atoms. The van der Waals surface area contributed by atoms with Gasteiger partial charge in [0.1, 0.15) is 0 Å². The van der Waals surface area contributed by atoms with Gasteiger partial charge in [0, 0.05) is 0 Å². The molecule has 2 aromatic carbocycles. The fraction of sp³-hybridized carbons (Fsp3) is 0.0714. The van der Waals surface area contributed by atoms with E-state index < -0.39 is 5.97 Å². The summed E-state index contributed by atoms with van der Waals surface area (Å²) < 4.78 is 0. The number of benzene rings is 2. The van der Waals surface area contributed by atoms with Gasteiger partial charge in [-0.25, -0.2) is 4.79 Å². The van der Waals surface area contributed by atoms with Crippen LogP contribution < -0.4 is 0 Å².